The maximum atomic E-state index is 5.39. The van der Waals surface area contributed by atoms with E-state index < -0.39 is 0 Å². The van der Waals surface area contributed by atoms with Crippen molar-refractivity contribution in [3.8, 4) is 0 Å². The van der Waals surface area contributed by atoms with Gasteiger partial charge < -0.3 is 13.9 Å². The van der Waals surface area contributed by atoms with Crippen molar-refractivity contribution in [3.63, 3.8) is 0 Å². The van der Waals surface area contributed by atoms with Crippen molar-refractivity contribution in [1.29, 1.82) is 0 Å². The molecular formula is C8H10O3. The van der Waals surface area contributed by atoms with Crippen LogP contribution in [0.1, 0.15) is 19.0 Å². The second kappa shape index (κ2) is 2.68. The van der Waals surface area contributed by atoms with E-state index in [1.807, 2.05) is 19.1 Å². The largest absolute Gasteiger partial charge is 0.464 e. The Morgan fingerprint density at radius 1 is 1.55 bits per heavy atom. The van der Waals surface area contributed by atoms with Crippen molar-refractivity contribution in [1.82, 2.24) is 0 Å². The van der Waals surface area contributed by atoms with Gasteiger partial charge in [-0.15, -0.1) is 0 Å². The summed E-state index contributed by atoms with van der Waals surface area (Å²) < 4.78 is 15.8. The van der Waals surface area contributed by atoms with Gasteiger partial charge in [0.25, 0.3) is 0 Å². The molecule has 1 saturated heterocycles. The lowest BCUT2D eigenvalue weighted by Gasteiger charge is -2.04. The molecule has 0 unspecified atom stereocenters. The van der Waals surface area contributed by atoms with Crippen molar-refractivity contribution in [2.45, 2.75) is 19.3 Å². The zero-order valence-corrected chi connectivity index (χ0v) is 6.32. The molecule has 0 saturated carbocycles. The lowest BCUT2D eigenvalue weighted by atomic mass is 10.4. The molecule has 1 aliphatic heterocycles. The highest BCUT2D eigenvalue weighted by Crippen LogP contribution is 2.26. The summed E-state index contributed by atoms with van der Waals surface area (Å²) in [7, 11) is 0. The zero-order valence-electron chi connectivity index (χ0n) is 6.32. The van der Waals surface area contributed by atoms with Crippen LogP contribution in [-0.4, -0.2) is 12.7 Å². The summed E-state index contributed by atoms with van der Waals surface area (Å²) in [6.07, 6.45) is 1.50. The van der Waals surface area contributed by atoms with Gasteiger partial charge in [-0.2, -0.15) is 0 Å². The maximum absolute atomic E-state index is 5.39. The fourth-order valence-electron chi connectivity index (χ4n) is 1.09. The molecule has 2 atom stereocenters. The smallest absolute Gasteiger partial charge is 0.217 e. The van der Waals surface area contributed by atoms with Crippen LogP contribution in [0.2, 0.25) is 0 Å². The third-order valence-electron chi connectivity index (χ3n) is 1.61. The van der Waals surface area contributed by atoms with Crippen LogP contribution in [-0.2, 0) is 9.47 Å². The fraction of sp³-hybridized carbons (Fsp3) is 0.500. The molecule has 60 valence electrons. The molecule has 1 aromatic rings. The van der Waals surface area contributed by atoms with E-state index in [0.717, 1.165) is 5.76 Å². The molecule has 0 radical (unpaired) electrons. The molecule has 0 bridgehead atoms. The predicted molar refractivity (Wildman–Crippen MR) is 37.9 cm³/mol. The van der Waals surface area contributed by atoms with Crippen LogP contribution in [0.4, 0.5) is 0 Å². The topological polar surface area (TPSA) is 31.6 Å². The molecule has 1 fully saturated rings. The van der Waals surface area contributed by atoms with Crippen LogP contribution in [0.5, 0.6) is 0 Å². The standard InChI is InChI=1S/C8H10O3/c1-6-5-10-8(11-6)7-3-2-4-9-7/h2-4,6,8H,5H2,1H3/t6-,8-/m0/s1. The second-order valence-electron chi connectivity index (χ2n) is 2.63. The van der Waals surface area contributed by atoms with Gasteiger partial charge in [-0.1, -0.05) is 0 Å². The monoisotopic (exact) mass is 154 g/mol. The Hall–Kier alpha value is -0.800. The third kappa shape index (κ3) is 1.29. The molecule has 1 aromatic heterocycles. The molecular weight excluding hydrogens is 144 g/mol. The Morgan fingerprint density at radius 2 is 2.45 bits per heavy atom. The van der Waals surface area contributed by atoms with Gasteiger partial charge in [0.05, 0.1) is 19.0 Å². The molecule has 0 aliphatic carbocycles. The Kier molecular flexibility index (Phi) is 1.68. The Balaban J connectivity index is 2.08. The Bertz CT molecular complexity index is 217. The summed E-state index contributed by atoms with van der Waals surface area (Å²) >= 11 is 0. The second-order valence-corrected chi connectivity index (χ2v) is 2.63. The molecule has 3 heteroatoms. The average molecular weight is 154 g/mol. The van der Waals surface area contributed by atoms with Crippen LogP contribution >= 0.6 is 0 Å². The van der Waals surface area contributed by atoms with Crippen LogP contribution in [0.3, 0.4) is 0 Å². The van der Waals surface area contributed by atoms with Crippen LogP contribution in [0.25, 0.3) is 0 Å². The van der Waals surface area contributed by atoms with E-state index in [4.69, 9.17) is 13.9 Å². The van der Waals surface area contributed by atoms with E-state index in [1.165, 1.54) is 0 Å². The van der Waals surface area contributed by atoms with Crippen molar-refractivity contribution in [3.05, 3.63) is 24.2 Å². The first-order valence-electron chi connectivity index (χ1n) is 3.67. The van der Waals surface area contributed by atoms with Gasteiger partial charge in [-0.3, -0.25) is 0 Å². The van der Waals surface area contributed by atoms with Gasteiger partial charge in [-0.05, 0) is 19.1 Å². The van der Waals surface area contributed by atoms with E-state index in [1.54, 1.807) is 6.26 Å². The van der Waals surface area contributed by atoms with E-state index in [9.17, 15) is 0 Å². The molecule has 0 N–H and O–H groups in total. The highest BCUT2D eigenvalue weighted by atomic mass is 16.7. The number of hydrogen-bond donors (Lipinski definition) is 0. The van der Waals surface area contributed by atoms with Crippen molar-refractivity contribution >= 4 is 0 Å². The fourth-order valence-corrected chi connectivity index (χ4v) is 1.09. The van der Waals surface area contributed by atoms with Crippen molar-refractivity contribution in [2.24, 2.45) is 0 Å². The molecule has 3 nitrogen and oxygen atoms in total. The molecule has 1 aliphatic rings. The van der Waals surface area contributed by atoms with E-state index >= 15 is 0 Å². The predicted octanol–water partition coefficient (Wildman–Crippen LogP) is 1.71. The normalized spacial score (nSPS) is 31.0. The van der Waals surface area contributed by atoms with Gasteiger partial charge in [0.2, 0.25) is 6.29 Å². The minimum atomic E-state index is -0.292. The van der Waals surface area contributed by atoms with Gasteiger partial charge in [0.1, 0.15) is 0 Å². The van der Waals surface area contributed by atoms with E-state index in [2.05, 4.69) is 0 Å². The SMILES string of the molecule is C[C@H]1CO[C@H](c2ccco2)O1. The average Bonchev–Trinajstić information content (AvgIpc) is 2.55. The van der Waals surface area contributed by atoms with E-state index in [0.29, 0.717) is 6.61 Å². The number of ether oxygens (including phenoxy) is 2. The van der Waals surface area contributed by atoms with Crippen LogP contribution in [0, 0.1) is 0 Å². The zero-order chi connectivity index (χ0) is 7.68. The first-order valence-corrected chi connectivity index (χ1v) is 3.67. The summed E-state index contributed by atoms with van der Waals surface area (Å²) in [5, 5.41) is 0. The van der Waals surface area contributed by atoms with Crippen molar-refractivity contribution < 1.29 is 13.9 Å². The Labute approximate surface area is 64.9 Å². The minimum Gasteiger partial charge on any atom is -0.464 e. The number of rotatable bonds is 1. The molecule has 11 heavy (non-hydrogen) atoms. The van der Waals surface area contributed by atoms with Gasteiger partial charge in [0, 0.05) is 0 Å². The molecule has 0 aromatic carbocycles. The number of furan rings is 1. The van der Waals surface area contributed by atoms with Crippen LogP contribution < -0.4 is 0 Å². The summed E-state index contributed by atoms with van der Waals surface area (Å²) in [6.45, 7) is 2.62. The summed E-state index contributed by atoms with van der Waals surface area (Å²) in [6, 6.07) is 3.67. The number of hydrogen-bond acceptors (Lipinski definition) is 3. The third-order valence-corrected chi connectivity index (χ3v) is 1.61. The lowest BCUT2D eigenvalue weighted by Crippen LogP contribution is -2.01. The van der Waals surface area contributed by atoms with Crippen molar-refractivity contribution in [2.75, 3.05) is 6.61 Å². The summed E-state index contributed by atoms with van der Waals surface area (Å²) in [5.74, 6) is 0.745. The lowest BCUT2D eigenvalue weighted by molar-refractivity contribution is -0.0711. The Morgan fingerprint density at radius 3 is 3.00 bits per heavy atom. The summed E-state index contributed by atoms with van der Waals surface area (Å²) in [4.78, 5) is 0. The first kappa shape index (κ1) is 6.88. The molecule has 2 rings (SSSR count). The quantitative estimate of drug-likeness (QED) is 0.617. The molecule has 0 amide bonds. The van der Waals surface area contributed by atoms with Gasteiger partial charge in [-0.25, -0.2) is 0 Å². The van der Waals surface area contributed by atoms with Gasteiger partial charge >= 0.3 is 0 Å². The summed E-state index contributed by atoms with van der Waals surface area (Å²) in [5.41, 5.74) is 0. The van der Waals surface area contributed by atoms with Crippen LogP contribution in [0.15, 0.2) is 22.8 Å². The minimum absolute atomic E-state index is 0.171. The molecule has 0 spiro atoms. The van der Waals surface area contributed by atoms with E-state index in [-0.39, 0.29) is 12.4 Å². The van der Waals surface area contributed by atoms with Gasteiger partial charge in [0.15, 0.2) is 5.76 Å². The highest BCUT2D eigenvalue weighted by Gasteiger charge is 2.25. The highest BCUT2D eigenvalue weighted by molar-refractivity contribution is 5.00. The first-order chi connectivity index (χ1) is 5.36. The molecule has 2 heterocycles. The maximum Gasteiger partial charge on any atom is 0.217 e.